The minimum absolute atomic E-state index is 0.0656. The van der Waals surface area contributed by atoms with Crippen LogP contribution in [-0.2, 0) is 0 Å². The van der Waals surface area contributed by atoms with Crippen molar-refractivity contribution in [3.63, 3.8) is 0 Å². The van der Waals surface area contributed by atoms with Crippen LogP contribution in [0.15, 0.2) is 54.6 Å². The Morgan fingerprint density at radius 1 is 1.17 bits per heavy atom. The van der Waals surface area contributed by atoms with Crippen LogP contribution in [0.1, 0.15) is 29.5 Å². The van der Waals surface area contributed by atoms with Gasteiger partial charge in [-0.25, -0.2) is 4.39 Å². The number of allylic oxidation sites excluding steroid dienone is 2. The molecule has 0 radical (unpaired) electrons. The van der Waals surface area contributed by atoms with E-state index in [1.807, 2.05) is 6.07 Å². The van der Waals surface area contributed by atoms with E-state index in [1.165, 1.54) is 18.2 Å². The summed E-state index contributed by atoms with van der Waals surface area (Å²) in [6.45, 7) is 0. The molecule has 2 aromatic carbocycles. The zero-order valence-electron chi connectivity index (χ0n) is 12.3. The van der Waals surface area contributed by atoms with Crippen molar-refractivity contribution in [1.82, 2.24) is 0 Å². The number of nitro groups is 1. The molecule has 4 nitrogen and oxygen atoms in total. The van der Waals surface area contributed by atoms with Crippen LogP contribution < -0.4 is 5.32 Å². The summed E-state index contributed by atoms with van der Waals surface area (Å²) < 4.78 is 13.2. The molecule has 23 heavy (non-hydrogen) atoms. The largest absolute Gasteiger partial charge is 0.372 e. The standard InChI is InChI=1S/C18H15FN2O2/c19-12-9-7-11(8-10-12)17-14-4-1-3-13(14)15-5-2-6-16(21(22)23)18(15)20-17/h1-3,5-10,13-14,17,20H,4H2/t13-,14+,17+/m0/s1. The molecular weight excluding hydrogens is 295 g/mol. The summed E-state index contributed by atoms with van der Waals surface area (Å²) in [5.41, 5.74) is 2.60. The lowest BCUT2D eigenvalue weighted by molar-refractivity contribution is -0.384. The topological polar surface area (TPSA) is 55.2 Å². The summed E-state index contributed by atoms with van der Waals surface area (Å²) in [7, 11) is 0. The van der Waals surface area contributed by atoms with E-state index in [9.17, 15) is 14.5 Å². The minimum Gasteiger partial charge on any atom is -0.372 e. The zero-order chi connectivity index (χ0) is 16.0. The number of anilines is 1. The highest BCUT2D eigenvalue weighted by atomic mass is 19.1. The molecule has 0 fully saturated rings. The van der Waals surface area contributed by atoms with E-state index in [0.29, 0.717) is 5.69 Å². The van der Waals surface area contributed by atoms with Crippen molar-refractivity contribution < 1.29 is 9.31 Å². The molecule has 0 unspecified atom stereocenters. The van der Waals surface area contributed by atoms with Crippen molar-refractivity contribution in [2.24, 2.45) is 5.92 Å². The van der Waals surface area contributed by atoms with Crippen LogP contribution in [0.4, 0.5) is 15.8 Å². The van der Waals surface area contributed by atoms with Gasteiger partial charge in [-0.2, -0.15) is 0 Å². The number of hydrogen-bond acceptors (Lipinski definition) is 3. The Kier molecular flexibility index (Phi) is 3.15. The van der Waals surface area contributed by atoms with E-state index in [0.717, 1.165) is 17.5 Å². The second kappa shape index (κ2) is 5.19. The van der Waals surface area contributed by atoms with Crippen LogP contribution in [0.5, 0.6) is 0 Å². The van der Waals surface area contributed by atoms with Gasteiger partial charge in [-0.1, -0.05) is 36.4 Å². The maximum absolute atomic E-state index is 13.2. The average Bonchev–Trinajstić information content (AvgIpc) is 3.04. The van der Waals surface area contributed by atoms with Crippen LogP contribution in [0.3, 0.4) is 0 Å². The number of nitrogens with one attached hydrogen (secondary N) is 1. The molecule has 1 heterocycles. The molecule has 0 saturated carbocycles. The van der Waals surface area contributed by atoms with Gasteiger partial charge in [-0.3, -0.25) is 10.1 Å². The first-order valence-corrected chi connectivity index (χ1v) is 7.61. The summed E-state index contributed by atoms with van der Waals surface area (Å²) in [5.74, 6) is 0.160. The summed E-state index contributed by atoms with van der Waals surface area (Å²) in [6, 6.07) is 11.5. The van der Waals surface area contributed by atoms with Crippen LogP contribution in [0.2, 0.25) is 0 Å². The minimum atomic E-state index is -0.355. The summed E-state index contributed by atoms with van der Waals surface area (Å²) in [4.78, 5) is 11.0. The molecule has 0 aromatic heterocycles. The third-order valence-electron chi connectivity index (χ3n) is 4.80. The van der Waals surface area contributed by atoms with Gasteiger partial charge in [-0.15, -0.1) is 0 Å². The molecule has 116 valence electrons. The van der Waals surface area contributed by atoms with Crippen molar-refractivity contribution in [2.45, 2.75) is 18.4 Å². The lowest BCUT2D eigenvalue weighted by Gasteiger charge is -2.37. The zero-order valence-corrected chi connectivity index (χ0v) is 12.3. The second-order valence-electron chi connectivity index (χ2n) is 6.03. The molecule has 2 aromatic rings. The van der Waals surface area contributed by atoms with Gasteiger partial charge in [-0.05, 0) is 35.6 Å². The molecule has 0 bridgehead atoms. The molecular formula is C18H15FN2O2. The highest BCUT2D eigenvalue weighted by Crippen LogP contribution is 2.51. The number of fused-ring (bicyclic) bond motifs is 3. The Balaban J connectivity index is 1.83. The molecule has 0 amide bonds. The Morgan fingerprint density at radius 2 is 1.96 bits per heavy atom. The summed E-state index contributed by atoms with van der Waals surface area (Å²) in [5, 5.41) is 14.7. The van der Waals surface area contributed by atoms with Crippen molar-refractivity contribution >= 4 is 11.4 Å². The Labute approximate surface area is 132 Å². The number of hydrogen-bond donors (Lipinski definition) is 1. The third kappa shape index (κ3) is 2.20. The second-order valence-corrected chi connectivity index (χ2v) is 6.03. The quantitative estimate of drug-likeness (QED) is 0.502. The van der Waals surface area contributed by atoms with Crippen molar-refractivity contribution in [1.29, 1.82) is 0 Å². The number of para-hydroxylation sites is 1. The molecule has 0 spiro atoms. The van der Waals surface area contributed by atoms with Gasteiger partial charge in [0.15, 0.2) is 0 Å². The van der Waals surface area contributed by atoms with Crippen molar-refractivity contribution in [3.05, 3.63) is 81.7 Å². The lowest BCUT2D eigenvalue weighted by Crippen LogP contribution is -2.29. The van der Waals surface area contributed by atoms with E-state index >= 15 is 0 Å². The Bertz CT molecular complexity index is 801. The van der Waals surface area contributed by atoms with Gasteiger partial charge in [0.2, 0.25) is 0 Å². The van der Waals surface area contributed by atoms with E-state index in [4.69, 9.17) is 0 Å². The van der Waals surface area contributed by atoms with Gasteiger partial charge < -0.3 is 5.32 Å². The fourth-order valence-electron chi connectivity index (χ4n) is 3.76. The number of nitro benzene ring substituents is 1. The summed E-state index contributed by atoms with van der Waals surface area (Å²) in [6.07, 6.45) is 5.16. The fraction of sp³-hybridized carbons (Fsp3) is 0.222. The predicted molar refractivity (Wildman–Crippen MR) is 85.8 cm³/mol. The van der Waals surface area contributed by atoms with Gasteiger partial charge in [0.25, 0.3) is 5.69 Å². The molecule has 3 atom stereocenters. The molecule has 1 N–H and O–H groups in total. The third-order valence-corrected chi connectivity index (χ3v) is 4.80. The predicted octanol–water partition coefficient (Wildman–Crippen LogP) is 4.56. The smallest absolute Gasteiger partial charge is 0.292 e. The van der Waals surface area contributed by atoms with E-state index in [1.54, 1.807) is 18.2 Å². The van der Waals surface area contributed by atoms with Crippen LogP contribution >= 0.6 is 0 Å². The Morgan fingerprint density at radius 3 is 2.70 bits per heavy atom. The van der Waals surface area contributed by atoms with Crippen LogP contribution in [0, 0.1) is 21.8 Å². The number of rotatable bonds is 2. The van der Waals surface area contributed by atoms with Crippen LogP contribution in [0.25, 0.3) is 0 Å². The van der Waals surface area contributed by atoms with Gasteiger partial charge >= 0.3 is 0 Å². The highest BCUT2D eigenvalue weighted by Gasteiger charge is 2.40. The molecule has 4 rings (SSSR count). The van der Waals surface area contributed by atoms with Crippen LogP contribution in [-0.4, -0.2) is 4.92 Å². The maximum atomic E-state index is 13.2. The fourth-order valence-corrected chi connectivity index (χ4v) is 3.76. The van der Waals surface area contributed by atoms with E-state index in [2.05, 4.69) is 17.5 Å². The number of benzene rings is 2. The van der Waals surface area contributed by atoms with E-state index < -0.39 is 0 Å². The van der Waals surface area contributed by atoms with Gasteiger partial charge in [0, 0.05) is 12.0 Å². The average molecular weight is 310 g/mol. The first kappa shape index (κ1) is 13.9. The SMILES string of the molecule is O=[N+]([O-])c1cccc2c1N[C@H](c1ccc(F)cc1)[C@@H]1CC=C[C@H]21. The molecule has 1 aliphatic heterocycles. The van der Waals surface area contributed by atoms with Crippen molar-refractivity contribution in [3.8, 4) is 0 Å². The first-order valence-electron chi connectivity index (χ1n) is 7.61. The lowest BCUT2D eigenvalue weighted by atomic mass is 9.77. The molecule has 5 heteroatoms. The summed E-state index contributed by atoms with van der Waals surface area (Å²) >= 11 is 0. The maximum Gasteiger partial charge on any atom is 0.292 e. The normalized spacial score (nSPS) is 24.7. The molecule has 1 aliphatic carbocycles. The molecule has 0 saturated heterocycles. The number of nitrogens with zero attached hydrogens (tertiary/aromatic N) is 1. The Hall–Kier alpha value is -2.69. The molecule has 2 aliphatic rings. The van der Waals surface area contributed by atoms with Crippen molar-refractivity contribution in [2.75, 3.05) is 5.32 Å². The van der Waals surface area contributed by atoms with Gasteiger partial charge in [0.05, 0.1) is 11.0 Å². The monoisotopic (exact) mass is 310 g/mol. The first-order chi connectivity index (χ1) is 11.1. The highest BCUT2D eigenvalue weighted by molar-refractivity contribution is 5.71. The van der Waals surface area contributed by atoms with E-state index in [-0.39, 0.29) is 34.3 Å². The number of halogens is 1. The van der Waals surface area contributed by atoms with Gasteiger partial charge in [0.1, 0.15) is 11.5 Å².